The van der Waals surface area contributed by atoms with Crippen LogP contribution in [0.15, 0.2) is 49.1 Å². The first-order chi connectivity index (χ1) is 6.80. The maximum Gasteiger partial charge on any atom is 0.0734 e. The van der Waals surface area contributed by atoms with Crippen molar-refractivity contribution >= 4 is 11.4 Å². The fourth-order valence-corrected chi connectivity index (χ4v) is 0.730. The molecule has 4 N–H and O–H groups in total. The van der Waals surface area contributed by atoms with Crippen LogP contribution in [-0.2, 0) is 0 Å². The first-order valence-electron chi connectivity index (χ1n) is 4.10. The Labute approximate surface area is 82.6 Å². The summed E-state index contributed by atoms with van der Waals surface area (Å²) >= 11 is 0. The zero-order valence-electron chi connectivity index (χ0n) is 7.67. The second-order valence-corrected chi connectivity index (χ2v) is 2.53. The van der Waals surface area contributed by atoms with Gasteiger partial charge in [0.05, 0.1) is 17.6 Å². The highest BCUT2D eigenvalue weighted by molar-refractivity contribution is 5.60. The van der Waals surface area contributed by atoms with Crippen molar-refractivity contribution < 1.29 is 0 Å². The van der Waals surface area contributed by atoms with E-state index in [1.165, 1.54) is 6.20 Å². The minimum Gasteiger partial charge on any atom is -0.397 e. The summed E-state index contributed by atoms with van der Waals surface area (Å²) in [6.45, 7) is 0. The van der Waals surface area contributed by atoms with Crippen LogP contribution in [0.25, 0.3) is 0 Å². The topological polar surface area (TPSA) is 77.8 Å². The molecule has 0 atom stereocenters. The normalized spacial score (nSPS) is 8.57. The van der Waals surface area contributed by atoms with E-state index in [1.807, 2.05) is 18.2 Å². The molecule has 0 aliphatic rings. The third-order valence-electron chi connectivity index (χ3n) is 1.45. The number of anilines is 2. The highest BCUT2D eigenvalue weighted by atomic mass is 14.7. The molecule has 72 valence electrons. The smallest absolute Gasteiger partial charge is 0.0734 e. The summed E-state index contributed by atoms with van der Waals surface area (Å²) in [5.41, 5.74) is 11.8. The number of hydrogen-bond acceptors (Lipinski definition) is 4. The standard InChI is InChI=1S/C5H7N3.C5H5N/c6-4-1-2-8-3-5(4)7;1-2-4-6-5-3-1/h1-3H,7H2,(H2,6,8);1-5H. The molecule has 0 bridgehead atoms. The molecular weight excluding hydrogens is 176 g/mol. The zero-order valence-corrected chi connectivity index (χ0v) is 7.67. The Kier molecular flexibility index (Phi) is 3.94. The van der Waals surface area contributed by atoms with Gasteiger partial charge in [-0.05, 0) is 18.2 Å². The first kappa shape index (κ1) is 9.98. The number of rotatable bonds is 0. The summed E-state index contributed by atoms with van der Waals surface area (Å²) in [5.74, 6) is 0. The minimum atomic E-state index is 0.535. The Bertz CT molecular complexity index is 314. The van der Waals surface area contributed by atoms with Gasteiger partial charge in [0.15, 0.2) is 0 Å². The van der Waals surface area contributed by atoms with E-state index in [-0.39, 0.29) is 0 Å². The van der Waals surface area contributed by atoms with E-state index in [9.17, 15) is 0 Å². The molecule has 0 amide bonds. The van der Waals surface area contributed by atoms with Crippen LogP contribution in [-0.4, -0.2) is 9.97 Å². The van der Waals surface area contributed by atoms with Gasteiger partial charge >= 0.3 is 0 Å². The van der Waals surface area contributed by atoms with Gasteiger partial charge in [-0.3, -0.25) is 9.97 Å². The van der Waals surface area contributed by atoms with Gasteiger partial charge < -0.3 is 11.5 Å². The fraction of sp³-hybridized carbons (Fsp3) is 0. The van der Waals surface area contributed by atoms with E-state index >= 15 is 0 Å². The molecular formula is C10H12N4. The number of aromatic nitrogens is 2. The van der Waals surface area contributed by atoms with Crippen LogP contribution in [0, 0.1) is 0 Å². The lowest BCUT2D eigenvalue weighted by Crippen LogP contribution is -1.93. The molecule has 2 aromatic rings. The quantitative estimate of drug-likeness (QED) is 0.653. The fourth-order valence-electron chi connectivity index (χ4n) is 0.730. The zero-order chi connectivity index (χ0) is 10.2. The number of hydrogen-bond donors (Lipinski definition) is 2. The predicted octanol–water partition coefficient (Wildman–Crippen LogP) is 1.33. The maximum atomic E-state index is 5.35. The molecule has 0 fully saturated rings. The lowest BCUT2D eigenvalue weighted by Gasteiger charge is -1.93. The van der Waals surface area contributed by atoms with E-state index in [1.54, 1.807) is 24.7 Å². The van der Waals surface area contributed by atoms with Crippen molar-refractivity contribution in [3.05, 3.63) is 49.1 Å². The first-order valence-corrected chi connectivity index (χ1v) is 4.10. The monoisotopic (exact) mass is 188 g/mol. The van der Waals surface area contributed by atoms with Crippen LogP contribution in [0.5, 0.6) is 0 Å². The molecule has 0 unspecified atom stereocenters. The van der Waals surface area contributed by atoms with Crippen molar-refractivity contribution in [3.8, 4) is 0 Å². The molecule has 0 aliphatic heterocycles. The average molecular weight is 188 g/mol. The van der Waals surface area contributed by atoms with Crippen molar-refractivity contribution in [1.29, 1.82) is 0 Å². The minimum absolute atomic E-state index is 0.535. The molecule has 0 saturated heterocycles. The molecule has 0 radical (unpaired) electrons. The molecule has 2 aromatic heterocycles. The van der Waals surface area contributed by atoms with Crippen LogP contribution in [0.3, 0.4) is 0 Å². The Hall–Kier alpha value is -2.10. The molecule has 4 heteroatoms. The average Bonchev–Trinajstić information content (AvgIpc) is 2.26. The molecule has 0 aliphatic carbocycles. The second kappa shape index (κ2) is 5.53. The number of nitrogens with zero attached hydrogens (tertiary/aromatic N) is 2. The van der Waals surface area contributed by atoms with Gasteiger partial charge in [-0.25, -0.2) is 0 Å². The molecule has 14 heavy (non-hydrogen) atoms. The van der Waals surface area contributed by atoms with Crippen LogP contribution >= 0.6 is 0 Å². The van der Waals surface area contributed by atoms with E-state index in [2.05, 4.69) is 9.97 Å². The largest absolute Gasteiger partial charge is 0.397 e. The van der Waals surface area contributed by atoms with Gasteiger partial charge in [0.25, 0.3) is 0 Å². The number of nitrogens with two attached hydrogens (primary N) is 2. The summed E-state index contributed by atoms with van der Waals surface area (Å²) in [6, 6.07) is 7.38. The highest BCUT2D eigenvalue weighted by Crippen LogP contribution is 2.08. The molecule has 4 nitrogen and oxygen atoms in total. The maximum absolute atomic E-state index is 5.35. The van der Waals surface area contributed by atoms with E-state index in [4.69, 9.17) is 11.5 Å². The summed E-state index contributed by atoms with van der Waals surface area (Å²) in [7, 11) is 0. The van der Waals surface area contributed by atoms with Crippen LogP contribution in [0.1, 0.15) is 0 Å². The third-order valence-corrected chi connectivity index (χ3v) is 1.45. The predicted molar refractivity (Wildman–Crippen MR) is 57.3 cm³/mol. The SMILES string of the molecule is Nc1ccncc1N.c1ccncc1. The lowest BCUT2D eigenvalue weighted by atomic mass is 10.4. The van der Waals surface area contributed by atoms with E-state index in [0.717, 1.165) is 0 Å². The van der Waals surface area contributed by atoms with Crippen molar-refractivity contribution in [2.24, 2.45) is 0 Å². The van der Waals surface area contributed by atoms with Crippen LogP contribution in [0.4, 0.5) is 11.4 Å². The summed E-state index contributed by atoms with van der Waals surface area (Å²) < 4.78 is 0. The summed E-state index contributed by atoms with van der Waals surface area (Å²) in [6.07, 6.45) is 6.63. The highest BCUT2D eigenvalue weighted by Gasteiger charge is 1.86. The Morgan fingerprint density at radius 2 is 1.50 bits per heavy atom. The van der Waals surface area contributed by atoms with Gasteiger partial charge in [0, 0.05) is 18.6 Å². The van der Waals surface area contributed by atoms with Gasteiger partial charge in [-0.2, -0.15) is 0 Å². The third kappa shape index (κ3) is 3.53. The van der Waals surface area contributed by atoms with Crippen molar-refractivity contribution in [1.82, 2.24) is 9.97 Å². The Morgan fingerprint density at radius 3 is 1.79 bits per heavy atom. The van der Waals surface area contributed by atoms with Gasteiger partial charge in [0.1, 0.15) is 0 Å². The second-order valence-electron chi connectivity index (χ2n) is 2.53. The number of nitrogen functional groups attached to an aromatic ring is 2. The lowest BCUT2D eigenvalue weighted by molar-refractivity contribution is 1.33. The van der Waals surface area contributed by atoms with E-state index < -0.39 is 0 Å². The van der Waals surface area contributed by atoms with Crippen molar-refractivity contribution in [2.45, 2.75) is 0 Å². The summed E-state index contributed by atoms with van der Waals surface area (Å²) in [4.78, 5) is 7.52. The molecule has 0 saturated carbocycles. The Morgan fingerprint density at radius 1 is 0.786 bits per heavy atom. The van der Waals surface area contributed by atoms with Crippen molar-refractivity contribution in [2.75, 3.05) is 11.5 Å². The number of pyridine rings is 2. The van der Waals surface area contributed by atoms with Crippen LogP contribution in [0.2, 0.25) is 0 Å². The van der Waals surface area contributed by atoms with Gasteiger partial charge in [-0.1, -0.05) is 6.07 Å². The summed E-state index contributed by atoms with van der Waals surface area (Å²) in [5, 5.41) is 0. The van der Waals surface area contributed by atoms with E-state index in [0.29, 0.717) is 11.4 Å². The van der Waals surface area contributed by atoms with Crippen LogP contribution < -0.4 is 11.5 Å². The molecule has 2 rings (SSSR count). The van der Waals surface area contributed by atoms with Crippen molar-refractivity contribution in [3.63, 3.8) is 0 Å². The molecule has 0 spiro atoms. The molecule has 0 aromatic carbocycles. The molecule has 2 heterocycles. The van der Waals surface area contributed by atoms with Gasteiger partial charge in [0.2, 0.25) is 0 Å². The van der Waals surface area contributed by atoms with Gasteiger partial charge in [-0.15, -0.1) is 0 Å². The Balaban J connectivity index is 0.000000146.